The number of hydrogen-bond donors (Lipinski definition) is 0. The quantitative estimate of drug-likeness (QED) is 0.357. The van der Waals surface area contributed by atoms with E-state index in [0.717, 1.165) is 16.9 Å². The molecule has 0 spiro atoms. The third-order valence-corrected chi connectivity index (χ3v) is 2.55. The second-order valence-electron chi connectivity index (χ2n) is 3.99. The molecule has 0 aliphatic heterocycles. The van der Waals surface area contributed by atoms with E-state index in [-0.39, 0.29) is 6.54 Å². The zero-order valence-corrected chi connectivity index (χ0v) is 10.9. The lowest BCUT2D eigenvalue weighted by molar-refractivity contribution is 0.306. The highest BCUT2D eigenvalue weighted by molar-refractivity contribution is 5.38. The fourth-order valence-corrected chi connectivity index (χ4v) is 1.58. The Bertz CT molecular complexity index is 648. The zero-order valence-electron chi connectivity index (χ0n) is 10.9. The first-order chi connectivity index (χ1) is 9.88. The van der Waals surface area contributed by atoms with Gasteiger partial charge in [-0.2, -0.15) is 0 Å². The molecule has 0 saturated carbocycles. The highest BCUT2D eigenvalue weighted by Gasteiger charge is 1.95. The molecule has 4 nitrogen and oxygen atoms in total. The van der Waals surface area contributed by atoms with Crippen molar-refractivity contribution in [3.05, 3.63) is 76.2 Å². The molecule has 98 valence electrons. The number of nitrogens with zero attached hydrogens (tertiary/aromatic N) is 3. The van der Waals surface area contributed by atoms with Crippen LogP contribution in [0.5, 0.6) is 5.75 Å². The van der Waals surface area contributed by atoms with Gasteiger partial charge in [-0.1, -0.05) is 47.3 Å². The van der Waals surface area contributed by atoms with Gasteiger partial charge < -0.3 is 4.74 Å². The van der Waals surface area contributed by atoms with Crippen LogP contribution in [0.4, 0.5) is 0 Å². The summed E-state index contributed by atoms with van der Waals surface area (Å²) in [6.45, 7) is 0.728. The Morgan fingerprint density at radius 3 is 2.50 bits per heavy atom. The highest BCUT2D eigenvalue weighted by Crippen LogP contribution is 2.13. The Balaban J connectivity index is 1.91. The molecule has 0 unspecified atom stereocenters. The number of rotatable bonds is 4. The first-order valence-corrected chi connectivity index (χ1v) is 6.15. The molecule has 20 heavy (non-hydrogen) atoms. The maximum Gasteiger partial charge on any atom is 0.119 e. The number of hydrogen-bond acceptors (Lipinski definition) is 2. The molecule has 2 aromatic rings. The van der Waals surface area contributed by atoms with Crippen LogP contribution < -0.4 is 4.74 Å². The van der Waals surface area contributed by atoms with E-state index in [9.17, 15) is 0 Å². The number of azide groups is 1. The van der Waals surface area contributed by atoms with Crippen LogP contribution in [0.1, 0.15) is 11.1 Å². The molecule has 2 aromatic carbocycles. The summed E-state index contributed by atoms with van der Waals surface area (Å²) in [6, 6.07) is 17.5. The largest absolute Gasteiger partial charge is 0.489 e. The Morgan fingerprint density at radius 1 is 1.05 bits per heavy atom. The normalized spacial score (nSPS) is 9.00. The van der Waals surface area contributed by atoms with Crippen molar-refractivity contribution in [2.45, 2.75) is 6.61 Å². The van der Waals surface area contributed by atoms with Crippen LogP contribution in [0.25, 0.3) is 10.4 Å². The number of ether oxygens (including phenoxy) is 1. The lowest BCUT2D eigenvalue weighted by Gasteiger charge is -2.05. The standard InChI is InChI=1S/C16H13N3O/c17-19-18-12-4-7-14-8-10-16(11-9-14)20-13-15-5-2-1-3-6-15/h1-3,5-6,8-11H,12-13H2. The van der Waals surface area contributed by atoms with E-state index in [0.29, 0.717) is 6.61 Å². The lowest BCUT2D eigenvalue weighted by atomic mass is 10.2. The van der Waals surface area contributed by atoms with Gasteiger partial charge in [0.15, 0.2) is 0 Å². The molecule has 0 atom stereocenters. The molecule has 0 bridgehead atoms. The third-order valence-electron chi connectivity index (χ3n) is 2.55. The van der Waals surface area contributed by atoms with E-state index >= 15 is 0 Å². The summed E-state index contributed by atoms with van der Waals surface area (Å²) in [5.74, 6) is 6.48. The lowest BCUT2D eigenvalue weighted by Crippen LogP contribution is -1.94. The molecule has 0 heterocycles. The average Bonchev–Trinajstić information content (AvgIpc) is 2.52. The smallest absolute Gasteiger partial charge is 0.119 e. The molecular formula is C16H13N3O. The van der Waals surface area contributed by atoms with Gasteiger partial charge in [-0.3, -0.25) is 0 Å². The van der Waals surface area contributed by atoms with E-state index in [1.165, 1.54) is 0 Å². The summed E-state index contributed by atoms with van der Waals surface area (Å²) >= 11 is 0. The van der Waals surface area contributed by atoms with Crippen molar-refractivity contribution in [3.63, 3.8) is 0 Å². The Hall–Kier alpha value is -2.89. The Labute approximate surface area is 117 Å². The van der Waals surface area contributed by atoms with Crippen molar-refractivity contribution in [1.29, 1.82) is 0 Å². The predicted molar refractivity (Wildman–Crippen MR) is 78.1 cm³/mol. The molecule has 0 aliphatic rings. The summed E-state index contributed by atoms with van der Waals surface area (Å²) < 4.78 is 5.68. The summed E-state index contributed by atoms with van der Waals surface area (Å²) in [6.07, 6.45) is 0. The van der Waals surface area contributed by atoms with Gasteiger partial charge in [-0.25, -0.2) is 0 Å². The minimum absolute atomic E-state index is 0.183. The van der Waals surface area contributed by atoms with Crippen LogP contribution in [0, 0.1) is 11.8 Å². The molecular weight excluding hydrogens is 250 g/mol. The molecule has 2 rings (SSSR count). The van der Waals surface area contributed by atoms with Crippen molar-refractivity contribution in [2.75, 3.05) is 6.54 Å². The van der Waals surface area contributed by atoms with Crippen LogP contribution in [0.3, 0.4) is 0 Å². The van der Waals surface area contributed by atoms with E-state index in [1.807, 2.05) is 54.6 Å². The van der Waals surface area contributed by atoms with Crippen molar-refractivity contribution < 1.29 is 4.74 Å². The molecule has 4 heteroatoms. The van der Waals surface area contributed by atoms with Crippen LogP contribution in [-0.2, 0) is 6.61 Å². The Kier molecular flexibility index (Phi) is 5.09. The van der Waals surface area contributed by atoms with Crippen LogP contribution >= 0.6 is 0 Å². The monoisotopic (exact) mass is 263 g/mol. The van der Waals surface area contributed by atoms with Gasteiger partial charge >= 0.3 is 0 Å². The van der Waals surface area contributed by atoms with Crippen LogP contribution in [0.15, 0.2) is 59.7 Å². The SMILES string of the molecule is [N-]=[N+]=NCC#Cc1ccc(OCc2ccccc2)cc1. The van der Waals surface area contributed by atoms with Gasteiger partial charge in [0.25, 0.3) is 0 Å². The van der Waals surface area contributed by atoms with E-state index in [4.69, 9.17) is 10.3 Å². The van der Waals surface area contributed by atoms with E-state index in [1.54, 1.807) is 0 Å². The molecule has 0 aromatic heterocycles. The average molecular weight is 263 g/mol. The van der Waals surface area contributed by atoms with Crippen molar-refractivity contribution in [2.24, 2.45) is 5.11 Å². The Morgan fingerprint density at radius 2 is 1.80 bits per heavy atom. The second-order valence-corrected chi connectivity index (χ2v) is 3.99. The van der Waals surface area contributed by atoms with E-state index in [2.05, 4.69) is 21.9 Å². The molecule has 0 aliphatic carbocycles. The second kappa shape index (κ2) is 7.52. The van der Waals surface area contributed by atoms with Gasteiger partial charge in [0.1, 0.15) is 12.4 Å². The van der Waals surface area contributed by atoms with Crippen molar-refractivity contribution in [1.82, 2.24) is 0 Å². The maximum absolute atomic E-state index is 8.13. The molecule has 0 amide bonds. The molecule has 0 fully saturated rings. The minimum atomic E-state index is 0.183. The van der Waals surface area contributed by atoms with Gasteiger partial charge in [-0.05, 0) is 35.4 Å². The first kappa shape index (κ1) is 13.5. The summed E-state index contributed by atoms with van der Waals surface area (Å²) in [5, 5.41) is 3.35. The van der Waals surface area contributed by atoms with Gasteiger partial charge in [0, 0.05) is 10.5 Å². The van der Waals surface area contributed by atoms with Gasteiger partial charge in [-0.15, -0.1) is 0 Å². The molecule has 0 saturated heterocycles. The van der Waals surface area contributed by atoms with Crippen LogP contribution in [-0.4, -0.2) is 6.54 Å². The van der Waals surface area contributed by atoms with Gasteiger partial charge in [0.2, 0.25) is 0 Å². The van der Waals surface area contributed by atoms with Crippen LogP contribution in [0.2, 0.25) is 0 Å². The maximum atomic E-state index is 8.13. The number of benzene rings is 2. The fraction of sp³-hybridized carbons (Fsp3) is 0.125. The van der Waals surface area contributed by atoms with Gasteiger partial charge in [0.05, 0.1) is 6.54 Å². The van der Waals surface area contributed by atoms with Crippen molar-refractivity contribution in [3.8, 4) is 17.6 Å². The highest BCUT2D eigenvalue weighted by atomic mass is 16.5. The summed E-state index contributed by atoms with van der Waals surface area (Å²) in [5.41, 5.74) is 10.1. The molecule has 0 N–H and O–H groups in total. The molecule has 0 radical (unpaired) electrons. The third kappa shape index (κ3) is 4.41. The minimum Gasteiger partial charge on any atom is -0.489 e. The first-order valence-electron chi connectivity index (χ1n) is 6.15. The fourth-order valence-electron chi connectivity index (χ4n) is 1.58. The summed E-state index contributed by atoms with van der Waals surface area (Å²) in [4.78, 5) is 2.64. The zero-order chi connectivity index (χ0) is 14.0. The van der Waals surface area contributed by atoms with Crippen molar-refractivity contribution >= 4 is 0 Å². The topological polar surface area (TPSA) is 58.0 Å². The van der Waals surface area contributed by atoms with E-state index < -0.39 is 0 Å². The summed E-state index contributed by atoms with van der Waals surface area (Å²) in [7, 11) is 0. The predicted octanol–water partition coefficient (Wildman–Crippen LogP) is 3.93.